The molecule has 0 aromatic carbocycles. The van der Waals surface area contributed by atoms with Gasteiger partial charge in [0.15, 0.2) is 0 Å². The van der Waals surface area contributed by atoms with Crippen molar-refractivity contribution < 1.29 is 18.8 Å². The van der Waals surface area contributed by atoms with E-state index in [0.29, 0.717) is 25.9 Å². The van der Waals surface area contributed by atoms with Crippen molar-refractivity contribution in [2.75, 3.05) is 13.1 Å². The normalized spacial score (nSPS) is 17.7. The zero-order valence-corrected chi connectivity index (χ0v) is 17.6. The molecule has 1 heterocycles. The molecular formula is C20H39NO4P+. The molecule has 5 nitrogen and oxygen atoms in total. The van der Waals surface area contributed by atoms with E-state index in [9.17, 15) is 9.36 Å². The molecule has 1 aliphatic heterocycles. The minimum atomic E-state index is -2.57. The molecule has 0 aromatic heterocycles. The zero-order chi connectivity index (χ0) is 19.0. The van der Waals surface area contributed by atoms with Crippen molar-refractivity contribution in [3.8, 4) is 0 Å². The Labute approximate surface area is 160 Å². The van der Waals surface area contributed by atoms with Crippen LogP contribution in [0.4, 0.5) is 0 Å². The Morgan fingerprint density at radius 3 is 1.96 bits per heavy atom. The van der Waals surface area contributed by atoms with Gasteiger partial charge in [-0.05, 0) is 12.8 Å². The number of rotatable bonds is 16. The molecule has 1 N–H and O–H groups in total. The highest BCUT2D eigenvalue weighted by molar-refractivity contribution is 7.32. The third-order valence-electron chi connectivity index (χ3n) is 5.23. The second kappa shape index (κ2) is 15.5. The lowest BCUT2D eigenvalue weighted by Gasteiger charge is -2.15. The third kappa shape index (κ3) is 12.0. The van der Waals surface area contributed by atoms with Crippen LogP contribution in [0.5, 0.6) is 0 Å². The monoisotopic (exact) mass is 388 g/mol. The molecule has 0 saturated carbocycles. The molecule has 0 bridgehead atoms. The molecule has 26 heavy (non-hydrogen) atoms. The second-order valence-corrected chi connectivity index (χ2v) is 8.27. The molecule has 0 spiro atoms. The number of likely N-dealkylation sites (tertiary alicyclic amines) is 1. The van der Waals surface area contributed by atoms with Gasteiger partial charge in [0.1, 0.15) is 6.10 Å². The maximum atomic E-state index is 12.1. The average molecular weight is 389 g/mol. The molecule has 1 aliphatic rings. The van der Waals surface area contributed by atoms with Gasteiger partial charge in [-0.3, -0.25) is 4.79 Å². The van der Waals surface area contributed by atoms with Crippen molar-refractivity contribution in [2.24, 2.45) is 0 Å². The van der Waals surface area contributed by atoms with Crippen LogP contribution in [0.2, 0.25) is 0 Å². The molecule has 1 saturated heterocycles. The quantitative estimate of drug-likeness (QED) is 0.271. The van der Waals surface area contributed by atoms with Crippen molar-refractivity contribution in [3.05, 3.63) is 0 Å². The van der Waals surface area contributed by atoms with Crippen LogP contribution in [0, 0.1) is 0 Å². The maximum Gasteiger partial charge on any atom is 0.695 e. The number of carbonyl (C=O) groups is 1. The van der Waals surface area contributed by atoms with Gasteiger partial charge in [-0.15, -0.1) is 9.42 Å². The van der Waals surface area contributed by atoms with Crippen LogP contribution in [-0.4, -0.2) is 34.9 Å². The Morgan fingerprint density at radius 2 is 1.46 bits per heavy atom. The van der Waals surface area contributed by atoms with E-state index in [1.165, 1.54) is 70.6 Å². The molecule has 1 unspecified atom stereocenters. The van der Waals surface area contributed by atoms with Crippen molar-refractivity contribution in [3.63, 3.8) is 0 Å². The summed E-state index contributed by atoms with van der Waals surface area (Å²) in [5.41, 5.74) is 0. The Kier molecular flexibility index (Phi) is 14.1. The number of unbranched alkanes of at least 4 members (excludes halogenated alkanes) is 12. The van der Waals surface area contributed by atoms with E-state index in [1.807, 2.05) is 0 Å². The Balaban J connectivity index is 1.86. The van der Waals surface area contributed by atoms with E-state index in [2.05, 4.69) is 6.92 Å². The fourth-order valence-electron chi connectivity index (χ4n) is 3.62. The number of hydrogen-bond acceptors (Lipinski definition) is 3. The second-order valence-electron chi connectivity index (χ2n) is 7.59. The van der Waals surface area contributed by atoms with Crippen LogP contribution in [0.15, 0.2) is 0 Å². The van der Waals surface area contributed by atoms with Crippen molar-refractivity contribution in [1.29, 1.82) is 0 Å². The fraction of sp³-hybridized carbons (Fsp3) is 0.950. The lowest BCUT2D eigenvalue weighted by atomic mass is 10.0. The number of amides is 1. The molecule has 0 aliphatic carbocycles. The Morgan fingerprint density at radius 1 is 0.962 bits per heavy atom. The van der Waals surface area contributed by atoms with E-state index >= 15 is 0 Å². The standard InChI is InChI=1S/C20H38NO4P/c1-2-3-4-5-6-7-8-9-10-11-12-13-14-15-20(22)21-17-16-19(18-21)25-26(23)24/h19H,2-18H2,1H3/p+1/t19-/m0/s1. The highest BCUT2D eigenvalue weighted by Crippen LogP contribution is 2.24. The highest BCUT2D eigenvalue weighted by atomic mass is 31.1. The van der Waals surface area contributed by atoms with Gasteiger partial charge >= 0.3 is 8.25 Å². The van der Waals surface area contributed by atoms with Crippen LogP contribution in [0.25, 0.3) is 0 Å². The van der Waals surface area contributed by atoms with Crippen LogP contribution >= 0.6 is 8.25 Å². The first-order chi connectivity index (χ1) is 12.6. The van der Waals surface area contributed by atoms with Gasteiger partial charge in [0.05, 0.1) is 6.54 Å². The topological polar surface area (TPSA) is 66.8 Å². The summed E-state index contributed by atoms with van der Waals surface area (Å²) in [6, 6.07) is 0. The minimum absolute atomic E-state index is 0.160. The molecule has 1 fully saturated rings. The molecule has 2 atom stereocenters. The largest absolute Gasteiger partial charge is 0.695 e. The van der Waals surface area contributed by atoms with Crippen LogP contribution in [0.1, 0.15) is 103 Å². The van der Waals surface area contributed by atoms with E-state index in [-0.39, 0.29) is 12.0 Å². The average Bonchev–Trinajstić information content (AvgIpc) is 3.06. The third-order valence-corrected chi connectivity index (χ3v) is 5.71. The minimum Gasteiger partial charge on any atom is -0.340 e. The smallest absolute Gasteiger partial charge is 0.340 e. The van der Waals surface area contributed by atoms with E-state index in [1.54, 1.807) is 4.90 Å². The van der Waals surface area contributed by atoms with Crippen molar-refractivity contribution in [1.82, 2.24) is 4.90 Å². The molecule has 6 heteroatoms. The Bertz CT molecular complexity index is 392. The number of nitrogens with zero attached hydrogens (tertiary/aromatic N) is 1. The summed E-state index contributed by atoms with van der Waals surface area (Å²) in [5, 5.41) is 0. The maximum absolute atomic E-state index is 12.1. The van der Waals surface area contributed by atoms with Crippen LogP contribution in [0.3, 0.4) is 0 Å². The SMILES string of the molecule is CCCCCCCCCCCCCCCC(=O)N1CC[C@H](O[P+](=O)O)C1. The van der Waals surface area contributed by atoms with Crippen molar-refractivity contribution >= 4 is 14.2 Å². The fourth-order valence-corrected chi connectivity index (χ4v) is 4.05. The van der Waals surface area contributed by atoms with Gasteiger partial charge in [-0.25, -0.2) is 0 Å². The van der Waals surface area contributed by atoms with Crippen LogP contribution in [-0.2, 0) is 13.9 Å². The van der Waals surface area contributed by atoms with E-state index in [0.717, 1.165) is 12.8 Å². The predicted octanol–water partition coefficient (Wildman–Crippen LogP) is 5.73. The summed E-state index contributed by atoms with van der Waals surface area (Å²) >= 11 is 0. The van der Waals surface area contributed by atoms with Gasteiger partial charge in [0.2, 0.25) is 5.91 Å². The summed E-state index contributed by atoms with van der Waals surface area (Å²) in [5.74, 6) is 0.160. The summed E-state index contributed by atoms with van der Waals surface area (Å²) < 4.78 is 15.5. The molecule has 0 aromatic rings. The Hall–Kier alpha value is -0.510. The summed E-state index contributed by atoms with van der Waals surface area (Å²) in [7, 11) is -2.57. The summed E-state index contributed by atoms with van der Waals surface area (Å²) in [6.07, 6.45) is 17.9. The zero-order valence-electron chi connectivity index (χ0n) is 16.7. The van der Waals surface area contributed by atoms with E-state index < -0.39 is 8.25 Å². The molecule has 1 rings (SSSR count). The van der Waals surface area contributed by atoms with E-state index in [4.69, 9.17) is 9.42 Å². The first-order valence-corrected chi connectivity index (χ1v) is 11.9. The lowest BCUT2D eigenvalue weighted by molar-refractivity contribution is -0.130. The molecule has 152 valence electrons. The summed E-state index contributed by atoms with van der Waals surface area (Å²) in [4.78, 5) is 22.6. The molecule has 1 amide bonds. The molecule has 0 radical (unpaired) electrons. The van der Waals surface area contributed by atoms with Gasteiger partial charge in [-0.2, -0.15) is 0 Å². The number of hydrogen-bond donors (Lipinski definition) is 1. The first kappa shape index (κ1) is 23.5. The predicted molar refractivity (Wildman–Crippen MR) is 106 cm³/mol. The highest BCUT2D eigenvalue weighted by Gasteiger charge is 2.32. The van der Waals surface area contributed by atoms with Gasteiger partial charge in [0.25, 0.3) is 0 Å². The number of carbonyl (C=O) groups excluding carboxylic acids is 1. The molecular weight excluding hydrogens is 349 g/mol. The first-order valence-electron chi connectivity index (χ1n) is 10.7. The van der Waals surface area contributed by atoms with Crippen molar-refractivity contribution in [2.45, 2.75) is 109 Å². The van der Waals surface area contributed by atoms with Gasteiger partial charge in [-0.1, -0.05) is 84.0 Å². The van der Waals surface area contributed by atoms with Gasteiger partial charge in [0, 0.05) is 17.5 Å². The van der Waals surface area contributed by atoms with Gasteiger partial charge < -0.3 is 4.90 Å². The lowest BCUT2D eigenvalue weighted by Crippen LogP contribution is -2.29. The summed E-state index contributed by atoms with van der Waals surface area (Å²) in [6.45, 7) is 3.36. The van der Waals surface area contributed by atoms with Crippen LogP contribution < -0.4 is 0 Å².